The van der Waals surface area contributed by atoms with Gasteiger partial charge in [0.15, 0.2) is 0 Å². The maximum absolute atomic E-state index is 12.7. The van der Waals surface area contributed by atoms with Crippen LogP contribution < -0.4 is 11.5 Å². The number of hydrogen-bond acceptors (Lipinski definition) is 3. The van der Waals surface area contributed by atoms with E-state index in [9.17, 15) is 31.1 Å². The van der Waals surface area contributed by atoms with Crippen molar-refractivity contribution >= 4 is 30.4 Å². The van der Waals surface area contributed by atoms with E-state index < -0.39 is 41.0 Å². The van der Waals surface area contributed by atoms with Gasteiger partial charge >= 0.3 is 18.3 Å². The summed E-state index contributed by atoms with van der Waals surface area (Å²) in [5, 5.41) is 2.92. The first-order chi connectivity index (χ1) is 10.8. The molecule has 0 spiro atoms. The molecule has 0 aliphatic rings. The highest BCUT2D eigenvalue weighted by atomic mass is 35.5. The standard InChI is InChI=1S/C13H11F6N3O2.ClH/c1-6(10(23)24-22-11(20)21)2-7-3-8(12(14,15)16)5-9(4-7)13(17,18)19;/h2-5H,1H3,(H4,20,21,22);1H/b6-2+;. The fraction of sp³-hybridized carbons (Fsp3) is 0.231. The van der Waals surface area contributed by atoms with Gasteiger partial charge in [0.2, 0.25) is 5.96 Å². The van der Waals surface area contributed by atoms with Gasteiger partial charge in [0.1, 0.15) is 0 Å². The van der Waals surface area contributed by atoms with E-state index in [1.165, 1.54) is 0 Å². The lowest BCUT2D eigenvalue weighted by molar-refractivity contribution is -0.143. The van der Waals surface area contributed by atoms with Crippen LogP contribution in [0.1, 0.15) is 23.6 Å². The number of benzene rings is 1. The van der Waals surface area contributed by atoms with Crippen LogP contribution in [0.4, 0.5) is 26.3 Å². The molecule has 0 saturated heterocycles. The molecule has 0 bridgehead atoms. The summed E-state index contributed by atoms with van der Waals surface area (Å²) in [4.78, 5) is 15.7. The third kappa shape index (κ3) is 6.91. The highest BCUT2D eigenvalue weighted by molar-refractivity contribution is 5.93. The van der Waals surface area contributed by atoms with Gasteiger partial charge in [-0.1, -0.05) is 0 Å². The highest BCUT2D eigenvalue weighted by Gasteiger charge is 2.36. The molecule has 1 aromatic carbocycles. The minimum Gasteiger partial charge on any atom is -0.367 e. The molecule has 1 aromatic rings. The van der Waals surface area contributed by atoms with Crippen molar-refractivity contribution in [2.75, 3.05) is 0 Å². The second-order valence-electron chi connectivity index (χ2n) is 4.56. The molecule has 0 heterocycles. The highest BCUT2D eigenvalue weighted by Crippen LogP contribution is 2.36. The lowest BCUT2D eigenvalue weighted by atomic mass is 10.0. The van der Waals surface area contributed by atoms with Crippen LogP contribution >= 0.6 is 12.4 Å². The van der Waals surface area contributed by atoms with Crippen molar-refractivity contribution in [1.82, 2.24) is 0 Å². The normalized spacial score (nSPS) is 12.2. The molecule has 140 valence electrons. The fourth-order valence-corrected chi connectivity index (χ4v) is 1.54. The Bertz CT molecular complexity index is 662. The Morgan fingerprint density at radius 2 is 1.48 bits per heavy atom. The Morgan fingerprint density at radius 3 is 1.84 bits per heavy atom. The van der Waals surface area contributed by atoms with E-state index in [1.807, 2.05) is 0 Å². The first-order valence-electron chi connectivity index (χ1n) is 6.09. The van der Waals surface area contributed by atoms with Crippen LogP contribution in [0.2, 0.25) is 0 Å². The van der Waals surface area contributed by atoms with Gasteiger partial charge in [0, 0.05) is 5.57 Å². The van der Waals surface area contributed by atoms with Crippen LogP contribution in [-0.4, -0.2) is 11.9 Å². The van der Waals surface area contributed by atoms with E-state index in [-0.39, 0.29) is 24.0 Å². The molecule has 4 N–H and O–H groups in total. The number of nitrogens with two attached hydrogens (primary N) is 2. The monoisotopic (exact) mass is 391 g/mol. The number of halogens is 7. The molecule has 25 heavy (non-hydrogen) atoms. The summed E-state index contributed by atoms with van der Waals surface area (Å²) in [5.41, 5.74) is 6.01. The maximum atomic E-state index is 12.7. The summed E-state index contributed by atoms with van der Waals surface area (Å²) in [6.07, 6.45) is -9.19. The number of oxime groups is 1. The second kappa shape index (κ2) is 8.10. The van der Waals surface area contributed by atoms with Gasteiger partial charge in [-0.2, -0.15) is 26.3 Å². The van der Waals surface area contributed by atoms with Gasteiger partial charge in [-0.15, -0.1) is 12.4 Å². The number of nitrogens with zero attached hydrogens (tertiary/aromatic N) is 1. The summed E-state index contributed by atoms with van der Waals surface area (Å²) in [7, 11) is 0. The van der Waals surface area contributed by atoms with E-state index in [4.69, 9.17) is 11.5 Å². The minimum absolute atomic E-state index is 0. The third-order valence-corrected chi connectivity index (χ3v) is 2.55. The molecule has 0 atom stereocenters. The zero-order valence-corrected chi connectivity index (χ0v) is 13.2. The Kier molecular flexibility index (Phi) is 7.31. The van der Waals surface area contributed by atoms with Crippen molar-refractivity contribution in [3.8, 4) is 0 Å². The molecule has 12 heteroatoms. The number of hydrogen-bond donors (Lipinski definition) is 2. The molecule has 0 aromatic heterocycles. The predicted octanol–water partition coefficient (Wildman–Crippen LogP) is 3.28. The zero-order valence-electron chi connectivity index (χ0n) is 12.4. The summed E-state index contributed by atoms with van der Waals surface area (Å²) in [5.74, 6) is -1.73. The van der Waals surface area contributed by atoms with Crippen LogP contribution in [-0.2, 0) is 22.0 Å². The summed E-state index contributed by atoms with van der Waals surface area (Å²) in [6.45, 7) is 1.11. The molecule has 1 rings (SSSR count). The van der Waals surface area contributed by atoms with Crippen molar-refractivity contribution in [2.24, 2.45) is 16.6 Å². The van der Waals surface area contributed by atoms with Gasteiger partial charge in [-0.25, -0.2) is 4.79 Å². The number of rotatable bonds is 3. The number of alkyl halides is 6. The quantitative estimate of drug-likeness (QED) is 0.207. The van der Waals surface area contributed by atoms with Crippen LogP contribution in [0.5, 0.6) is 0 Å². The Hall–Kier alpha value is -2.43. The van der Waals surface area contributed by atoms with Gasteiger partial charge in [-0.05, 0) is 41.9 Å². The van der Waals surface area contributed by atoms with E-state index in [0.29, 0.717) is 12.1 Å². The lowest BCUT2D eigenvalue weighted by Crippen LogP contribution is -2.23. The zero-order chi connectivity index (χ0) is 18.7. The second-order valence-corrected chi connectivity index (χ2v) is 4.56. The van der Waals surface area contributed by atoms with Crippen LogP contribution in [0, 0.1) is 0 Å². The molecule has 5 nitrogen and oxygen atoms in total. The van der Waals surface area contributed by atoms with E-state index in [0.717, 1.165) is 13.0 Å². The van der Waals surface area contributed by atoms with Gasteiger partial charge in [0.05, 0.1) is 11.1 Å². The van der Waals surface area contributed by atoms with E-state index >= 15 is 0 Å². The topological polar surface area (TPSA) is 90.7 Å². The van der Waals surface area contributed by atoms with Crippen molar-refractivity contribution in [2.45, 2.75) is 19.3 Å². The minimum atomic E-state index is -4.99. The molecule has 0 unspecified atom stereocenters. The largest absolute Gasteiger partial charge is 0.416 e. The van der Waals surface area contributed by atoms with Crippen LogP contribution in [0.25, 0.3) is 6.08 Å². The predicted molar refractivity (Wildman–Crippen MR) is 79.2 cm³/mol. The average Bonchev–Trinajstić information content (AvgIpc) is 2.42. The Balaban J connectivity index is 0.00000576. The first kappa shape index (κ1) is 22.6. The maximum Gasteiger partial charge on any atom is 0.416 e. The molecular weight excluding hydrogens is 380 g/mol. The molecular formula is C13H12ClF6N3O2. The average molecular weight is 392 g/mol. The van der Waals surface area contributed by atoms with Crippen LogP contribution in [0.3, 0.4) is 0 Å². The molecule has 0 radical (unpaired) electrons. The van der Waals surface area contributed by atoms with Crippen molar-refractivity contribution < 1.29 is 36.0 Å². The summed E-state index contributed by atoms with van der Waals surface area (Å²) >= 11 is 0. The van der Waals surface area contributed by atoms with Crippen molar-refractivity contribution in [1.29, 1.82) is 0 Å². The Morgan fingerprint density at radius 1 is 1.04 bits per heavy atom. The van der Waals surface area contributed by atoms with Gasteiger partial charge in [0.25, 0.3) is 0 Å². The third-order valence-electron chi connectivity index (χ3n) is 2.55. The molecule has 0 saturated carbocycles. The number of carbonyl (C=O) groups excluding carboxylic acids is 1. The SMILES string of the molecule is C/C(=C\c1cc(C(F)(F)F)cc(C(F)(F)F)c1)C(=O)ON=C(N)N.Cl. The summed E-state index contributed by atoms with van der Waals surface area (Å²) in [6, 6.07) is 0.906. The van der Waals surface area contributed by atoms with E-state index in [1.54, 1.807) is 0 Å². The van der Waals surface area contributed by atoms with Crippen molar-refractivity contribution in [3.63, 3.8) is 0 Å². The van der Waals surface area contributed by atoms with Gasteiger partial charge in [-0.3, -0.25) is 0 Å². The summed E-state index contributed by atoms with van der Waals surface area (Å²) < 4.78 is 76.3. The van der Waals surface area contributed by atoms with Crippen molar-refractivity contribution in [3.05, 3.63) is 40.5 Å². The molecule has 0 amide bonds. The van der Waals surface area contributed by atoms with Gasteiger partial charge < -0.3 is 16.3 Å². The fourth-order valence-electron chi connectivity index (χ4n) is 1.54. The molecule has 0 aliphatic carbocycles. The molecule has 0 aliphatic heterocycles. The number of guanidine groups is 1. The first-order valence-corrected chi connectivity index (χ1v) is 6.09. The smallest absolute Gasteiger partial charge is 0.367 e. The van der Waals surface area contributed by atoms with Crippen LogP contribution in [0.15, 0.2) is 28.9 Å². The molecule has 0 fully saturated rings. The Labute approximate surface area is 143 Å². The lowest BCUT2D eigenvalue weighted by Gasteiger charge is -2.13. The van der Waals surface area contributed by atoms with E-state index in [2.05, 4.69) is 9.99 Å². The number of carbonyl (C=O) groups is 1.